The molecule has 0 aliphatic heterocycles. The summed E-state index contributed by atoms with van der Waals surface area (Å²) in [7, 11) is -3.74. The van der Waals surface area contributed by atoms with Crippen LogP contribution >= 0.6 is 0 Å². The summed E-state index contributed by atoms with van der Waals surface area (Å²) in [5.41, 5.74) is 1.63. The van der Waals surface area contributed by atoms with Crippen LogP contribution in [0.2, 0.25) is 0 Å². The Balaban J connectivity index is 2.44. The fraction of sp³-hybridized carbons (Fsp3) is 0.167. The van der Waals surface area contributed by atoms with E-state index in [1.165, 1.54) is 6.20 Å². The number of hydrogen-bond acceptors (Lipinski definition) is 4. The van der Waals surface area contributed by atoms with E-state index in [9.17, 15) is 8.42 Å². The van der Waals surface area contributed by atoms with Gasteiger partial charge in [-0.05, 0) is 31.0 Å². The number of hydrogen-bond donors (Lipinski definition) is 2. The van der Waals surface area contributed by atoms with Crippen molar-refractivity contribution in [1.82, 2.24) is 10.2 Å². The van der Waals surface area contributed by atoms with Crippen LogP contribution in [0.5, 0.6) is 0 Å². The first-order valence-corrected chi connectivity index (χ1v) is 6.96. The van der Waals surface area contributed by atoms with Gasteiger partial charge in [-0.2, -0.15) is 10.4 Å². The van der Waals surface area contributed by atoms with Crippen molar-refractivity contribution < 1.29 is 8.42 Å². The van der Waals surface area contributed by atoms with Crippen LogP contribution in [0.15, 0.2) is 29.3 Å². The first kappa shape index (κ1) is 13.1. The first-order chi connectivity index (χ1) is 8.94. The number of nitriles is 1. The van der Waals surface area contributed by atoms with E-state index in [4.69, 9.17) is 5.26 Å². The van der Waals surface area contributed by atoms with E-state index in [0.29, 0.717) is 5.56 Å². The Bertz CT molecular complexity index is 756. The number of aromatic amines is 1. The van der Waals surface area contributed by atoms with Gasteiger partial charge in [-0.15, -0.1) is 0 Å². The summed E-state index contributed by atoms with van der Waals surface area (Å²) in [5.74, 6) is 0.0726. The number of rotatable bonds is 3. The molecule has 2 rings (SSSR count). The molecule has 0 amide bonds. The molecule has 0 fully saturated rings. The molecule has 0 saturated carbocycles. The maximum atomic E-state index is 12.3. The van der Waals surface area contributed by atoms with Crippen molar-refractivity contribution >= 4 is 15.8 Å². The molecule has 19 heavy (non-hydrogen) atoms. The minimum absolute atomic E-state index is 0.0726. The smallest absolute Gasteiger partial charge is 0.263 e. The van der Waals surface area contributed by atoms with Crippen LogP contribution < -0.4 is 4.72 Å². The summed E-state index contributed by atoms with van der Waals surface area (Å²) in [6.45, 7) is 3.53. The number of benzene rings is 1. The fourth-order valence-electron chi connectivity index (χ4n) is 1.63. The van der Waals surface area contributed by atoms with Crippen LogP contribution in [0, 0.1) is 25.2 Å². The minimum Gasteiger partial charge on any atom is -0.263 e. The molecule has 0 aliphatic carbocycles. The van der Waals surface area contributed by atoms with Crippen LogP contribution in [0.4, 0.5) is 5.82 Å². The zero-order chi connectivity index (χ0) is 14.0. The van der Waals surface area contributed by atoms with E-state index < -0.39 is 10.0 Å². The monoisotopic (exact) mass is 276 g/mol. The Labute approximate surface area is 111 Å². The lowest BCUT2D eigenvalue weighted by Gasteiger charge is -2.09. The van der Waals surface area contributed by atoms with Gasteiger partial charge < -0.3 is 0 Å². The number of H-pyrrole nitrogens is 1. The summed E-state index contributed by atoms with van der Waals surface area (Å²) >= 11 is 0. The van der Waals surface area contributed by atoms with Crippen molar-refractivity contribution in [2.75, 3.05) is 4.72 Å². The molecule has 0 bridgehead atoms. The zero-order valence-corrected chi connectivity index (χ0v) is 11.2. The van der Waals surface area contributed by atoms with Gasteiger partial charge in [-0.25, -0.2) is 8.42 Å². The molecule has 0 unspecified atom stereocenters. The van der Waals surface area contributed by atoms with Gasteiger partial charge in [0.1, 0.15) is 11.6 Å². The van der Waals surface area contributed by atoms with Crippen molar-refractivity contribution in [2.24, 2.45) is 0 Å². The number of aromatic nitrogens is 2. The molecule has 6 nitrogen and oxygen atoms in total. The molecule has 0 atom stereocenters. The summed E-state index contributed by atoms with van der Waals surface area (Å²) in [6, 6.07) is 7.02. The second kappa shape index (κ2) is 4.74. The largest absolute Gasteiger partial charge is 0.263 e. The highest BCUT2D eigenvalue weighted by molar-refractivity contribution is 7.92. The molecule has 2 N–H and O–H groups in total. The van der Waals surface area contributed by atoms with Crippen molar-refractivity contribution in [2.45, 2.75) is 18.7 Å². The van der Waals surface area contributed by atoms with Gasteiger partial charge in [0.15, 0.2) is 5.82 Å². The molecular weight excluding hydrogens is 264 g/mol. The van der Waals surface area contributed by atoms with Gasteiger partial charge in [0.05, 0.1) is 11.1 Å². The van der Waals surface area contributed by atoms with Crippen LogP contribution in [0.3, 0.4) is 0 Å². The number of anilines is 1. The summed E-state index contributed by atoms with van der Waals surface area (Å²) in [6.07, 6.45) is 1.26. The highest BCUT2D eigenvalue weighted by Crippen LogP contribution is 2.20. The Hall–Kier alpha value is -2.33. The maximum Gasteiger partial charge on any atom is 0.263 e. The molecule has 1 aromatic carbocycles. The lowest BCUT2D eigenvalue weighted by molar-refractivity contribution is 0.600. The van der Waals surface area contributed by atoms with E-state index in [2.05, 4.69) is 14.9 Å². The summed E-state index contributed by atoms with van der Waals surface area (Å²) < 4.78 is 26.9. The van der Waals surface area contributed by atoms with Gasteiger partial charge in [0, 0.05) is 0 Å². The van der Waals surface area contributed by atoms with Crippen molar-refractivity contribution in [3.05, 3.63) is 41.1 Å². The van der Waals surface area contributed by atoms with E-state index >= 15 is 0 Å². The summed E-state index contributed by atoms with van der Waals surface area (Å²) in [5, 5.41) is 14.9. The molecular formula is C12H12N4O2S. The minimum atomic E-state index is -3.74. The Morgan fingerprint density at radius 1 is 1.37 bits per heavy atom. The third-order valence-corrected chi connectivity index (χ3v) is 4.12. The molecule has 1 aromatic heterocycles. The molecule has 1 heterocycles. The Morgan fingerprint density at radius 3 is 2.79 bits per heavy atom. The van der Waals surface area contributed by atoms with E-state index in [0.717, 1.165) is 5.56 Å². The quantitative estimate of drug-likeness (QED) is 0.891. The predicted octanol–water partition coefficient (Wildman–Crippen LogP) is 1.70. The molecule has 0 saturated heterocycles. The van der Waals surface area contributed by atoms with Crippen LogP contribution in [0.1, 0.15) is 16.7 Å². The first-order valence-electron chi connectivity index (χ1n) is 5.47. The lowest BCUT2D eigenvalue weighted by Crippen LogP contribution is -2.15. The number of nitrogens with zero attached hydrogens (tertiary/aromatic N) is 2. The summed E-state index contributed by atoms with van der Waals surface area (Å²) in [4.78, 5) is 0.186. The van der Waals surface area contributed by atoms with Crippen LogP contribution in [-0.2, 0) is 10.0 Å². The van der Waals surface area contributed by atoms with E-state index in [-0.39, 0.29) is 16.3 Å². The third-order valence-electron chi connectivity index (χ3n) is 2.63. The second-order valence-corrected chi connectivity index (χ2v) is 5.80. The van der Waals surface area contributed by atoms with Gasteiger partial charge >= 0.3 is 0 Å². The predicted molar refractivity (Wildman–Crippen MR) is 70.0 cm³/mol. The van der Waals surface area contributed by atoms with Gasteiger partial charge in [-0.1, -0.05) is 12.1 Å². The highest BCUT2D eigenvalue weighted by atomic mass is 32.2. The number of nitrogens with one attached hydrogen (secondary N) is 2. The SMILES string of the molecule is Cc1ccc(C)c(S(=O)(=O)Nc2[nH]ncc2C#N)c1. The maximum absolute atomic E-state index is 12.3. The van der Waals surface area contributed by atoms with Crippen molar-refractivity contribution in [3.63, 3.8) is 0 Å². The van der Waals surface area contributed by atoms with Crippen molar-refractivity contribution in [1.29, 1.82) is 5.26 Å². The van der Waals surface area contributed by atoms with Crippen molar-refractivity contribution in [3.8, 4) is 6.07 Å². The highest BCUT2D eigenvalue weighted by Gasteiger charge is 2.19. The number of aryl methyl sites for hydroxylation is 2. The third kappa shape index (κ3) is 2.58. The normalized spacial score (nSPS) is 11.0. The molecule has 0 radical (unpaired) electrons. The van der Waals surface area contributed by atoms with Gasteiger partial charge in [0.2, 0.25) is 0 Å². The average Bonchev–Trinajstić information content (AvgIpc) is 2.78. The van der Waals surface area contributed by atoms with Crippen LogP contribution in [0.25, 0.3) is 0 Å². The molecule has 0 aliphatic rings. The Morgan fingerprint density at radius 2 is 2.11 bits per heavy atom. The average molecular weight is 276 g/mol. The van der Waals surface area contributed by atoms with E-state index in [1.54, 1.807) is 19.1 Å². The molecule has 0 spiro atoms. The second-order valence-electron chi connectivity index (χ2n) is 4.14. The van der Waals surface area contributed by atoms with E-state index in [1.807, 2.05) is 19.1 Å². The fourth-order valence-corrected chi connectivity index (χ4v) is 3.00. The number of sulfonamides is 1. The van der Waals surface area contributed by atoms with Crippen LogP contribution in [-0.4, -0.2) is 18.6 Å². The zero-order valence-electron chi connectivity index (χ0n) is 10.4. The van der Waals surface area contributed by atoms with Gasteiger partial charge in [-0.3, -0.25) is 9.82 Å². The molecule has 98 valence electrons. The molecule has 7 heteroatoms. The Kier molecular flexibility index (Phi) is 3.27. The molecule has 2 aromatic rings. The van der Waals surface area contributed by atoms with Gasteiger partial charge in [0.25, 0.3) is 10.0 Å². The standard InChI is InChI=1S/C12H12N4O2S/c1-8-3-4-9(2)11(5-8)19(17,18)16-12-10(6-13)7-14-15-12/h3-5,7H,1-2H3,(H2,14,15,16). The lowest BCUT2D eigenvalue weighted by atomic mass is 10.2. The topological polar surface area (TPSA) is 98.6 Å².